The zero-order valence-electron chi connectivity index (χ0n) is 6.02. The minimum Gasteiger partial charge on any atom is -0.459 e. The molecule has 1 rings (SSSR count). The predicted molar refractivity (Wildman–Crippen MR) is 37.1 cm³/mol. The Labute approximate surface area is 60.6 Å². The van der Waals surface area contributed by atoms with E-state index in [4.69, 9.17) is 0 Å². The second-order valence-corrected chi connectivity index (χ2v) is 2.44. The van der Waals surface area contributed by atoms with Gasteiger partial charge in [0.1, 0.15) is 0 Å². The zero-order chi connectivity index (χ0) is 7.40. The maximum absolute atomic E-state index is 10.4. The van der Waals surface area contributed by atoms with Crippen molar-refractivity contribution >= 4 is 5.97 Å². The lowest BCUT2D eigenvalue weighted by Crippen LogP contribution is -1.94. The highest BCUT2D eigenvalue weighted by Crippen LogP contribution is 2.31. The summed E-state index contributed by atoms with van der Waals surface area (Å²) in [5.74, 6) is 5.50. The zero-order valence-corrected chi connectivity index (χ0v) is 6.02. The number of rotatable bonds is 1. The molecule has 1 fully saturated rings. The van der Waals surface area contributed by atoms with Crippen LogP contribution in [0.2, 0.25) is 0 Å². The largest absolute Gasteiger partial charge is 0.459 e. The molecule has 1 aliphatic carbocycles. The van der Waals surface area contributed by atoms with Crippen LogP contribution in [0.4, 0.5) is 0 Å². The van der Waals surface area contributed by atoms with Crippen molar-refractivity contribution in [3.63, 3.8) is 0 Å². The van der Waals surface area contributed by atoms with Crippen molar-refractivity contribution in [3.8, 4) is 11.8 Å². The summed E-state index contributed by atoms with van der Waals surface area (Å²) in [6.07, 6.45) is 3.40. The SMILES string of the molecule is COC(=O)C#CCC1CC1. The van der Waals surface area contributed by atoms with Gasteiger partial charge in [0.2, 0.25) is 0 Å². The molecule has 0 N–H and O–H groups in total. The number of esters is 1. The van der Waals surface area contributed by atoms with Gasteiger partial charge in [0, 0.05) is 12.3 Å². The van der Waals surface area contributed by atoms with Gasteiger partial charge in [0.25, 0.3) is 0 Å². The first-order valence-corrected chi connectivity index (χ1v) is 3.39. The molecule has 2 heteroatoms. The van der Waals surface area contributed by atoms with Gasteiger partial charge in [-0.2, -0.15) is 0 Å². The third-order valence-electron chi connectivity index (χ3n) is 1.46. The lowest BCUT2D eigenvalue weighted by molar-refractivity contribution is -0.133. The van der Waals surface area contributed by atoms with E-state index in [1.807, 2.05) is 0 Å². The molecule has 0 saturated heterocycles. The molecule has 1 saturated carbocycles. The van der Waals surface area contributed by atoms with E-state index in [1.54, 1.807) is 0 Å². The Morgan fingerprint density at radius 2 is 2.40 bits per heavy atom. The second kappa shape index (κ2) is 3.26. The van der Waals surface area contributed by atoms with Crippen molar-refractivity contribution in [3.05, 3.63) is 0 Å². The smallest absolute Gasteiger partial charge is 0.384 e. The Bertz CT molecular complexity index is 181. The van der Waals surface area contributed by atoms with E-state index in [0.717, 1.165) is 12.3 Å². The molecule has 0 bridgehead atoms. The summed E-state index contributed by atoms with van der Waals surface area (Å²) in [5.41, 5.74) is 0. The summed E-state index contributed by atoms with van der Waals surface area (Å²) < 4.78 is 4.34. The van der Waals surface area contributed by atoms with Gasteiger partial charge in [-0.25, -0.2) is 4.79 Å². The van der Waals surface area contributed by atoms with E-state index < -0.39 is 5.97 Å². The average Bonchev–Trinajstić information content (AvgIpc) is 2.71. The van der Waals surface area contributed by atoms with Crippen LogP contribution in [0.25, 0.3) is 0 Å². The topological polar surface area (TPSA) is 26.3 Å². The highest BCUT2D eigenvalue weighted by Gasteiger charge is 2.19. The van der Waals surface area contributed by atoms with E-state index in [-0.39, 0.29) is 0 Å². The maximum atomic E-state index is 10.4. The maximum Gasteiger partial charge on any atom is 0.384 e. The van der Waals surface area contributed by atoms with E-state index >= 15 is 0 Å². The molecule has 0 aromatic rings. The third-order valence-corrected chi connectivity index (χ3v) is 1.46. The van der Waals surface area contributed by atoms with Crippen LogP contribution in [-0.2, 0) is 9.53 Å². The standard InChI is InChI=1S/C8H10O2/c1-10-8(9)4-2-3-7-5-6-7/h7H,3,5-6H2,1H3. The molecule has 0 spiro atoms. The molecule has 2 nitrogen and oxygen atoms in total. The molecule has 0 aromatic carbocycles. The first-order valence-electron chi connectivity index (χ1n) is 3.39. The number of methoxy groups -OCH3 is 1. The van der Waals surface area contributed by atoms with Gasteiger partial charge < -0.3 is 4.74 Å². The van der Waals surface area contributed by atoms with Crippen LogP contribution in [0.5, 0.6) is 0 Å². The highest BCUT2D eigenvalue weighted by molar-refractivity contribution is 5.88. The lowest BCUT2D eigenvalue weighted by atomic mass is 10.3. The second-order valence-electron chi connectivity index (χ2n) is 2.44. The fraction of sp³-hybridized carbons (Fsp3) is 0.625. The van der Waals surface area contributed by atoms with E-state index in [2.05, 4.69) is 16.6 Å². The molecular weight excluding hydrogens is 128 g/mol. The van der Waals surface area contributed by atoms with E-state index in [0.29, 0.717) is 0 Å². The van der Waals surface area contributed by atoms with Crippen LogP contribution in [-0.4, -0.2) is 13.1 Å². The molecular formula is C8H10O2. The molecule has 1 aliphatic rings. The summed E-state index contributed by atoms with van der Waals surface area (Å²) in [6, 6.07) is 0. The van der Waals surface area contributed by atoms with Gasteiger partial charge in [-0.15, -0.1) is 0 Å². The molecule has 0 unspecified atom stereocenters. The fourth-order valence-corrected chi connectivity index (χ4v) is 0.641. The molecule has 0 atom stereocenters. The Hall–Kier alpha value is -0.970. The first-order chi connectivity index (χ1) is 4.83. The lowest BCUT2D eigenvalue weighted by Gasteiger charge is -1.84. The number of hydrogen-bond donors (Lipinski definition) is 0. The minimum absolute atomic E-state index is 0.430. The van der Waals surface area contributed by atoms with E-state index in [1.165, 1.54) is 20.0 Å². The molecule has 0 amide bonds. The number of carbonyl (C=O) groups is 1. The summed E-state index contributed by atoms with van der Waals surface area (Å²) >= 11 is 0. The van der Waals surface area contributed by atoms with Crippen LogP contribution < -0.4 is 0 Å². The van der Waals surface area contributed by atoms with Crippen molar-refractivity contribution in [1.29, 1.82) is 0 Å². The van der Waals surface area contributed by atoms with Crippen LogP contribution in [0.1, 0.15) is 19.3 Å². The minimum atomic E-state index is -0.430. The molecule has 10 heavy (non-hydrogen) atoms. The quantitative estimate of drug-likeness (QED) is 0.306. The van der Waals surface area contributed by atoms with Crippen molar-refractivity contribution in [2.75, 3.05) is 7.11 Å². The first kappa shape index (κ1) is 7.14. The van der Waals surface area contributed by atoms with Gasteiger partial charge in [-0.1, -0.05) is 5.92 Å². The number of ether oxygens (including phenoxy) is 1. The summed E-state index contributed by atoms with van der Waals surface area (Å²) in [5, 5.41) is 0. The van der Waals surface area contributed by atoms with Gasteiger partial charge in [-0.3, -0.25) is 0 Å². The number of hydrogen-bond acceptors (Lipinski definition) is 2. The molecule has 54 valence electrons. The van der Waals surface area contributed by atoms with Crippen molar-refractivity contribution in [1.82, 2.24) is 0 Å². The van der Waals surface area contributed by atoms with Crippen molar-refractivity contribution < 1.29 is 9.53 Å². The highest BCUT2D eigenvalue weighted by atomic mass is 16.5. The Kier molecular flexibility index (Phi) is 2.33. The van der Waals surface area contributed by atoms with Crippen LogP contribution in [0.3, 0.4) is 0 Å². The molecule has 0 aromatic heterocycles. The average molecular weight is 138 g/mol. The van der Waals surface area contributed by atoms with Crippen LogP contribution >= 0.6 is 0 Å². The summed E-state index contributed by atoms with van der Waals surface area (Å²) in [7, 11) is 1.34. The predicted octanol–water partition coefficient (Wildman–Crippen LogP) is 0.963. The fourth-order valence-electron chi connectivity index (χ4n) is 0.641. The van der Waals surface area contributed by atoms with Crippen molar-refractivity contribution in [2.45, 2.75) is 19.3 Å². The van der Waals surface area contributed by atoms with Gasteiger partial charge in [0.15, 0.2) is 0 Å². The normalized spacial score (nSPS) is 15.3. The van der Waals surface area contributed by atoms with Gasteiger partial charge in [-0.05, 0) is 18.8 Å². The summed E-state index contributed by atoms with van der Waals surface area (Å²) in [6.45, 7) is 0. The molecule has 0 heterocycles. The van der Waals surface area contributed by atoms with Gasteiger partial charge >= 0.3 is 5.97 Å². The monoisotopic (exact) mass is 138 g/mol. The van der Waals surface area contributed by atoms with Crippen molar-refractivity contribution in [2.24, 2.45) is 5.92 Å². The Morgan fingerprint density at radius 1 is 1.70 bits per heavy atom. The van der Waals surface area contributed by atoms with Gasteiger partial charge in [0.05, 0.1) is 7.11 Å². The van der Waals surface area contributed by atoms with Crippen LogP contribution in [0, 0.1) is 17.8 Å². The Balaban J connectivity index is 2.16. The molecule has 0 radical (unpaired) electrons. The summed E-state index contributed by atoms with van der Waals surface area (Å²) in [4.78, 5) is 10.4. The van der Waals surface area contributed by atoms with E-state index in [9.17, 15) is 4.79 Å². The third kappa shape index (κ3) is 2.54. The number of carbonyl (C=O) groups excluding carboxylic acids is 1. The van der Waals surface area contributed by atoms with Crippen LogP contribution in [0.15, 0.2) is 0 Å². The molecule has 0 aliphatic heterocycles. The Morgan fingerprint density at radius 3 is 2.90 bits per heavy atom.